The summed E-state index contributed by atoms with van der Waals surface area (Å²) >= 11 is 4.89. The second kappa shape index (κ2) is 4.77. The highest BCUT2D eigenvalue weighted by molar-refractivity contribution is 9.11. The third kappa shape index (κ3) is 2.79. The second-order valence-electron chi connectivity index (χ2n) is 3.15. The minimum Gasteiger partial charge on any atom is -0.487 e. The lowest BCUT2D eigenvalue weighted by Gasteiger charge is -2.06. The molecule has 0 unspecified atom stereocenters. The van der Waals surface area contributed by atoms with Crippen LogP contribution >= 0.6 is 27.3 Å². The quantitative estimate of drug-likeness (QED) is 0.855. The van der Waals surface area contributed by atoms with Crippen LogP contribution in [0.25, 0.3) is 0 Å². The number of benzene rings is 1. The van der Waals surface area contributed by atoms with E-state index in [1.165, 1.54) is 0 Å². The molecule has 0 aliphatic carbocycles. The van der Waals surface area contributed by atoms with E-state index in [9.17, 15) is 0 Å². The fourth-order valence-electron chi connectivity index (χ4n) is 1.22. The first-order chi connectivity index (χ1) is 7.25. The number of aromatic nitrogens is 1. The summed E-state index contributed by atoms with van der Waals surface area (Å²) in [6.45, 7) is 2.55. The molecule has 0 atom stereocenters. The monoisotopic (exact) mass is 283 g/mol. The van der Waals surface area contributed by atoms with Crippen LogP contribution in [0, 0.1) is 6.92 Å². The van der Waals surface area contributed by atoms with Crippen molar-refractivity contribution in [2.45, 2.75) is 13.5 Å². The molecule has 15 heavy (non-hydrogen) atoms. The van der Waals surface area contributed by atoms with Gasteiger partial charge in [0.15, 0.2) is 3.92 Å². The van der Waals surface area contributed by atoms with Gasteiger partial charge in [0.1, 0.15) is 12.4 Å². The molecule has 78 valence electrons. The van der Waals surface area contributed by atoms with Gasteiger partial charge in [0, 0.05) is 5.38 Å². The number of hydrogen-bond donors (Lipinski definition) is 0. The molecule has 0 aliphatic heterocycles. The summed E-state index contributed by atoms with van der Waals surface area (Å²) in [7, 11) is 0. The molecule has 1 aromatic carbocycles. The topological polar surface area (TPSA) is 22.1 Å². The van der Waals surface area contributed by atoms with Crippen LogP contribution in [0.3, 0.4) is 0 Å². The maximum absolute atomic E-state index is 5.66. The predicted molar refractivity (Wildman–Crippen MR) is 65.3 cm³/mol. The fraction of sp³-hybridized carbons (Fsp3) is 0.182. The molecule has 0 bridgehead atoms. The van der Waals surface area contributed by atoms with Gasteiger partial charge in [0.05, 0.1) is 5.69 Å². The Kier molecular flexibility index (Phi) is 3.38. The summed E-state index contributed by atoms with van der Waals surface area (Å²) in [5, 5.41) is 1.99. The van der Waals surface area contributed by atoms with Gasteiger partial charge in [-0.3, -0.25) is 0 Å². The van der Waals surface area contributed by atoms with E-state index in [-0.39, 0.29) is 0 Å². The van der Waals surface area contributed by atoms with Gasteiger partial charge in [-0.05, 0) is 34.5 Å². The standard InChI is InChI=1S/C11H10BrNOS/c1-8-4-2-3-5-10(8)14-6-9-7-15-11(12)13-9/h2-5,7H,6H2,1H3. The zero-order valence-electron chi connectivity index (χ0n) is 8.24. The number of aryl methyl sites for hydroxylation is 1. The molecule has 0 fully saturated rings. The Bertz CT molecular complexity index is 455. The van der Waals surface area contributed by atoms with Crippen LogP contribution in [0.1, 0.15) is 11.3 Å². The normalized spacial score (nSPS) is 10.3. The molecule has 0 amide bonds. The highest BCUT2D eigenvalue weighted by Crippen LogP contribution is 2.20. The van der Waals surface area contributed by atoms with Gasteiger partial charge in [-0.15, -0.1) is 11.3 Å². The van der Waals surface area contributed by atoms with Crippen LogP contribution in [0.5, 0.6) is 5.75 Å². The third-order valence-corrected chi connectivity index (χ3v) is 3.41. The third-order valence-electron chi connectivity index (χ3n) is 1.99. The predicted octanol–water partition coefficient (Wildman–Crippen LogP) is 3.79. The Labute approximate surface area is 101 Å². The molecule has 0 saturated heterocycles. The van der Waals surface area contributed by atoms with Gasteiger partial charge in [0.2, 0.25) is 0 Å². The summed E-state index contributed by atoms with van der Waals surface area (Å²) in [5.41, 5.74) is 2.10. The highest BCUT2D eigenvalue weighted by Gasteiger charge is 2.01. The van der Waals surface area contributed by atoms with Crippen molar-refractivity contribution in [2.75, 3.05) is 0 Å². The summed E-state index contributed by atoms with van der Waals surface area (Å²) in [6, 6.07) is 7.98. The van der Waals surface area contributed by atoms with Crippen LogP contribution in [0.4, 0.5) is 0 Å². The van der Waals surface area contributed by atoms with Crippen molar-refractivity contribution < 1.29 is 4.74 Å². The zero-order valence-corrected chi connectivity index (χ0v) is 10.6. The van der Waals surface area contributed by atoms with Gasteiger partial charge in [-0.1, -0.05) is 18.2 Å². The van der Waals surface area contributed by atoms with E-state index in [0.29, 0.717) is 6.61 Å². The summed E-state index contributed by atoms with van der Waals surface area (Å²) in [4.78, 5) is 4.27. The van der Waals surface area contributed by atoms with E-state index in [2.05, 4.69) is 20.9 Å². The number of para-hydroxylation sites is 1. The van der Waals surface area contributed by atoms with Crippen LogP contribution in [0.2, 0.25) is 0 Å². The van der Waals surface area contributed by atoms with Crippen molar-refractivity contribution in [3.05, 3.63) is 44.8 Å². The van der Waals surface area contributed by atoms with Gasteiger partial charge >= 0.3 is 0 Å². The molecule has 2 aromatic rings. The van der Waals surface area contributed by atoms with Crippen molar-refractivity contribution in [3.63, 3.8) is 0 Å². The Hall–Kier alpha value is -0.870. The maximum atomic E-state index is 5.66. The Morgan fingerprint density at radius 2 is 2.20 bits per heavy atom. The van der Waals surface area contributed by atoms with Crippen LogP contribution in [-0.2, 0) is 6.61 Å². The highest BCUT2D eigenvalue weighted by atomic mass is 79.9. The molecule has 0 aliphatic rings. The molecular formula is C11H10BrNOS. The lowest BCUT2D eigenvalue weighted by molar-refractivity contribution is 0.300. The van der Waals surface area contributed by atoms with Crippen molar-refractivity contribution in [1.82, 2.24) is 4.98 Å². The zero-order chi connectivity index (χ0) is 10.7. The number of rotatable bonds is 3. The summed E-state index contributed by atoms with van der Waals surface area (Å²) < 4.78 is 6.55. The molecule has 2 rings (SSSR count). The Morgan fingerprint density at radius 1 is 1.40 bits per heavy atom. The van der Waals surface area contributed by atoms with Crippen molar-refractivity contribution in [3.8, 4) is 5.75 Å². The lowest BCUT2D eigenvalue weighted by atomic mass is 10.2. The van der Waals surface area contributed by atoms with Gasteiger partial charge in [0.25, 0.3) is 0 Å². The lowest BCUT2D eigenvalue weighted by Crippen LogP contribution is -1.96. The molecule has 0 spiro atoms. The molecule has 0 N–H and O–H groups in total. The number of thiazole rings is 1. The van der Waals surface area contributed by atoms with Crippen molar-refractivity contribution >= 4 is 27.3 Å². The minimum atomic E-state index is 0.521. The molecule has 1 aromatic heterocycles. The van der Waals surface area contributed by atoms with E-state index >= 15 is 0 Å². The van der Waals surface area contributed by atoms with Crippen molar-refractivity contribution in [2.24, 2.45) is 0 Å². The Balaban J connectivity index is 2.02. The molecule has 0 radical (unpaired) electrons. The fourth-order valence-corrected chi connectivity index (χ4v) is 2.25. The maximum Gasteiger partial charge on any atom is 0.159 e. The summed E-state index contributed by atoms with van der Waals surface area (Å²) in [5.74, 6) is 0.918. The first kappa shape index (κ1) is 10.6. The molecular weight excluding hydrogens is 274 g/mol. The van der Waals surface area contributed by atoms with Gasteiger partial charge < -0.3 is 4.74 Å². The van der Waals surface area contributed by atoms with E-state index in [0.717, 1.165) is 20.9 Å². The average molecular weight is 284 g/mol. The molecule has 4 heteroatoms. The SMILES string of the molecule is Cc1ccccc1OCc1csc(Br)n1. The largest absolute Gasteiger partial charge is 0.487 e. The van der Waals surface area contributed by atoms with E-state index < -0.39 is 0 Å². The number of hydrogen-bond acceptors (Lipinski definition) is 3. The molecule has 1 heterocycles. The minimum absolute atomic E-state index is 0.521. The smallest absolute Gasteiger partial charge is 0.159 e. The van der Waals surface area contributed by atoms with Gasteiger partial charge in [-0.2, -0.15) is 0 Å². The van der Waals surface area contributed by atoms with Crippen molar-refractivity contribution in [1.29, 1.82) is 0 Å². The number of halogens is 1. The van der Waals surface area contributed by atoms with Crippen LogP contribution in [0.15, 0.2) is 33.6 Å². The summed E-state index contributed by atoms with van der Waals surface area (Å²) in [6.07, 6.45) is 0. The first-order valence-corrected chi connectivity index (χ1v) is 6.21. The average Bonchev–Trinajstić information content (AvgIpc) is 2.63. The molecule has 0 saturated carbocycles. The second-order valence-corrected chi connectivity index (χ2v) is 5.28. The van der Waals surface area contributed by atoms with Crippen LogP contribution < -0.4 is 4.74 Å². The first-order valence-electron chi connectivity index (χ1n) is 4.54. The van der Waals surface area contributed by atoms with E-state index in [1.807, 2.05) is 36.6 Å². The number of nitrogens with zero attached hydrogens (tertiary/aromatic N) is 1. The van der Waals surface area contributed by atoms with Gasteiger partial charge in [-0.25, -0.2) is 4.98 Å². The Morgan fingerprint density at radius 3 is 2.87 bits per heavy atom. The molecule has 2 nitrogen and oxygen atoms in total. The van der Waals surface area contributed by atoms with E-state index in [4.69, 9.17) is 4.74 Å². The van der Waals surface area contributed by atoms with E-state index in [1.54, 1.807) is 11.3 Å². The number of ether oxygens (including phenoxy) is 1. The van der Waals surface area contributed by atoms with Crippen LogP contribution in [-0.4, -0.2) is 4.98 Å².